The summed E-state index contributed by atoms with van der Waals surface area (Å²) in [7, 11) is 0. The van der Waals surface area contributed by atoms with E-state index in [0.717, 1.165) is 34.7 Å². The summed E-state index contributed by atoms with van der Waals surface area (Å²) in [6, 6.07) is 29.3. The largest absolute Gasteiger partial charge is 0.493 e. The van der Waals surface area contributed by atoms with Crippen molar-refractivity contribution in [3.8, 4) is 16.9 Å². The molecule has 5 rings (SSSR count). The van der Waals surface area contributed by atoms with Crippen LogP contribution in [0.5, 0.6) is 5.75 Å². The maximum Gasteiger partial charge on any atom is 0.322 e. The molecule has 0 saturated heterocycles. The van der Waals surface area contributed by atoms with Gasteiger partial charge in [-0.05, 0) is 76.4 Å². The van der Waals surface area contributed by atoms with E-state index in [9.17, 15) is 4.79 Å². The van der Waals surface area contributed by atoms with Crippen molar-refractivity contribution in [2.24, 2.45) is 5.41 Å². The Labute approximate surface area is 262 Å². The molecule has 1 fully saturated rings. The van der Waals surface area contributed by atoms with Crippen LogP contribution in [0.15, 0.2) is 97.3 Å². The van der Waals surface area contributed by atoms with Crippen LogP contribution in [0.3, 0.4) is 0 Å². The molecule has 1 aliphatic carbocycles. The van der Waals surface area contributed by atoms with Gasteiger partial charge in [-0.25, -0.2) is 4.79 Å². The van der Waals surface area contributed by atoms with Crippen LogP contribution in [-0.2, 0) is 19.6 Å². The van der Waals surface area contributed by atoms with Crippen molar-refractivity contribution in [3.63, 3.8) is 0 Å². The molecule has 0 unspecified atom stereocenters. The summed E-state index contributed by atoms with van der Waals surface area (Å²) in [6.45, 7) is 8.89. The Balaban J connectivity index is 1.21. The molecule has 0 aliphatic heterocycles. The molecule has 1 aliphatic rings. The third-order valence-corrected chi connectivity index (χ3v) is 7.98. The standard InChI is InChI=1S/C38H46N4O2/c1-38(2,3)28-44-36-21-19-35(20-22-36)41-37(43)42(27-31-8-7-23-39-24-31)26-30-13-17-33(18-14-30)32-15-11-29(12-16-32)25-40-34-9-5-4-6-10-34/h7-8,11-24,34,40H,4-6,9-10,25-28H2,1-3H3,(H,41,43). The predicted octanol–water partition coefficient (Wildman–Crippen LogP) is 8.83. The fraction of sp³-hybridized carbons (Fsp3) is 0.368. The molecule has 44 heavy (non-hydrogen) atoms. The van der Waals surface area contributed by atoms with Crippen LogP contribution in [0.4, 0.5) is 10.5 Å². The molecular weight excluding hydrogens is 544 g/mol. The summed E-state index contributed by atoms with van der Waals surface area (Å²) in [5, 5.41) is 6.79. The predicted molar refractivity (Wildman–Crippen MR) is 179 cm³/mol. The Hall–Kier alpha value is -4.16. The Morgan fingerprint density at radius 3 is 2.07 bits per heavy atom. The minimum atomic E-state index is -0.168. The van der Waals surface area contributed by atoms with Crippen molar-refractivity contribution >= 4 is 11.7 Å². The zero-order valence-corrected chi connectivity index (χ0v) is 26.4. The molecule has 6 heteroatoms. The molecule has 1 saturated carbocycles. The van der Waals surface area contributed by atoms with Gasteiger partial charge >= 0.3 is 6.03 Å². The van der Waals surface area contributed by atoms with E-state index in [2.05, 4.69) is 84.9 Å². The lowest BCUT2D eigenvalue weighted by Crippen LogP contribution is -2.34. The molecule has 230 valence electrons. The highest BCUT2D eigenvalue weighted by Gasteiger charge is 2.17. The topological polar surface area (TPSA) is 66.5 Å². The van der Waals surface area contributed by atoms with E-state index in [1.807, 2.05) is 41.3 Å². The van der Waals surface area contributed by atoms with Gasteiger partial charge in [0.25, 0.3) is 0 Å². The van der Waals surface area contributed by atoms with Gasteiger partial charge in [0.1, 0.15) is 5.75 Å². The lowest BCUT2D eigenvalue weighted by atomic mass is 9.95. The number of carbonyl (C=O) groups is 1. The van der Waals surface area contributed by atoms with Gasteiger partial charge in [-0.15, -0.1) is 0 Å². The molecule has 0 atom stereocenters. The second-order valence-electron chi connectivity index (χ2n) is 13.1. The number of hydrogen-bond donors (Lipinski definition) is 2. The van der Waals surface area contributed by atoms with Crippen molar-refractivity contribution in [2.45, 2.75) is 78.6 Å². The first kappa shape index (κ1) is 31.3. The van der Waals surface area contributed by atoms with Crippen molar-refractivity contribution in [2.75, 3.05) is 11.9 Å². The van der Waals surface area contributed by atoms with E-state index >= 15 is 0 Å². The Morgan fingerprint density at radius 1 is 0.818 bits per heavy atom. The summed E-state index contributed by atoms with van der Waals surface area (Å²) < 4.78 is 5.88. The average molecular weight is 591 g/mol. The van der Waals surface area contributed by atoms with E-state index in [4.69, 9.17) is 4.74 Å². The number of carbonyl (C=O) groups excluding carboxylic acids is 1. The maximum absolute atomic E-state index is 13.5. The van der Waals surface area contributed by atoms with Gasteiger partial charge in [0.05, 0.1) is 6.61 Å². The summed E-state index contributed by atoms with van der Waals surface area (Å²) in [4.78, 5) is 19.5. The summed E-state index contributed by atoms with van der Waals surface area (Å²) in [5.74, 6) is 0.788. The Kier molecular flexibility index (Phi) is 10.7. The SMILES string of the molecule is CC(C)(C)COc1ccc(NC(=O)N(Cc2ccc(-c3ccc(CNC4CCCCC4)cc3)cc2)Cc2cccnc2)cc1. The van der Waals surface area contributed by atoms with E-state index in [-0.39, 0.29) is 11.4 Å². The van der Waals surface area contributed by atoms with Gasteiger partial charge < -0.3 is 20.3 Å². The van der Waals surface area contributed by atoms with Crippen molar-refractivity contribution in [1.29, 1.82) is 0 Å². The number of aromatic nitrogens is 1. The highest BCUT2D eigenvalue weighted by atomic mass is 16.5. The zero-order chi connectivity index (χ0) is 30.8. The van der Waals surface area contributed by atoms with Crippen molar-refractivity contribution in [3.05, 3.63) is 114 Å². The molecule has 2 amide bonds. The van der Waals surface area contributed by atoms with Crippen LogP contribution in [0.1, 0.15) is 69.6 Å². The fourth-order valence-corrected chi connectivity index (χ4v) is 5.46. The monoisotopic (exact) mass is 590 g/mol. The number of pyridine rings is 1. The van der Waals surface area contributed by atoms with Gasteiger partial charge in [-0.3, -0.25) is 4.98 Å². The number of nitrogens with one attached hydrogen (secondary N) is 2. The van der Waals surface area contributed by atoms with Gasteiger partial charge in [-0.1, -0.05) is 94.6 Å². The maximum atomic E-state index is 13.5. The first-order valence-electron chi connectivity index (χ1n) is 15.9. The quantitative estimate of drug-likeness (QED) is 0.183. The molecule has 1 heterocycles. The van der Waals surface area contributed by atoms with Crippen LogP contribution >= 0.6 is 0 Å². The molecule has 3 aromatic carbocycles. The number of rotatable bonds is 11. The molecule has 0 bridgehead atoms. The summed E-state index contributed by atoms with van der Waals surface area (Å²) >= 11 is 0. The summed E-state index contributed by atoms with van der Waals surface area (Å²) in [5.41, 5.74) is 6.52. The van der Waals surface area contributed by atoms with Crippen LogP contribution in [-0.4, -0.2) is 28.6 Å². The number of hydrogen-bond acceptors (Lipinski definition) is 4. The van der Waals surface area contributed by atoms with Crippen molar-refractivity contribution in [1.82, 2.24) is 15.2 Å². The molecule has 0 radical (unpaired) electrons. The van der Waals surface area contributed by atoms with Crippen LogP contribution in [0.2, 0.25) is 0 Å². The Bertz CT molecular complexity index is 1440. The Morgan fingerprint density at radius 2 is 1.45 bits per heavy atom. The van der Waals surface area contributed by atoms with Gasteiger partial charge in [0, 0.05) is 43.8 Å². The highest BCUT2D eigenvalue weighted by molar-refractivity contribution is 5.89. The first-order valence-corrected chi connectivity index (χ1v) is 15.9. The minimum Gasteiger partial charge on any atom is -0.493 e. The van der Waals surface area contributed by atoms with Gasteiger partial charge in [0.2, 0.25) is 0 Å². The molecular formula is C38H46N4O2. The number of nitrogens with zero attached hydrogens (tertiary/aromatic N) is 2. The molecule has 1 aromatic heterocycles. The lowest BCUT2D eigenvalue weighted by molar-refractivity contribution is 0.198. The second-order valence-corrected chi connectivity index (χ2v) is 13.1. The van der Waals surface area contributed by atoms with E-state index < -0.39 is 0 Å². The normalized spacial score (nSPS) is 13.8. The average Bonchev–Trinajstić information content (AvgIpc) is 3.04. The zero-order valence-electron chi connectivity index (χ0n) is 26.4. The fourth-order valence-electron chi connectivity index (χ4n) is 5.46. The highest BCUT2D eigenvalue weighted by Crippen LogP contribution is 2.24. The number of benzene rings is 3. The molecule has 2 N–H and O–H groups in total. The smallest absolute Gasteiger partial charge is 0.322 e. The molecule has 4 aromatic rings. The number of ether oxygens (including phenoxy) is 1. The van der Waals surface area contributed by atoms with Crippen molar-refractivity contribution < 1.29 is 9.53 Å². The number of anilines is 1. The van der Waals surface area contributed by atoms with Crippen LogP contribution in [0.25, 0.3) is 11.1 Å². The minimum absolute atomic E-state index is 0.0774. The third-order valence-electron chi connectivity index (χ3n) is 7.98. The summed E-state index contributed by atoms with van der Waals surface area (Å²) in [6.07, 6.45) is 10.2. The second kappa shape index (κ2) is 15.0. The van der Waals surface area contributed by atoms with Crippen LogP contribution in [0, 0.1) is 5.41 Å². The van der Waals surface area contributed by atoms with Gasteiger partial charge in [-0.2, -0.15) is 0 Å². The number of amides is 2. The van der Waals surface area contributed by atoms with E-state index in [1.165, 1.54) is 43.2 Å². The van der Waals surface area contributed by atoms with E-state index in [0.29, 0.717) is 25.7 Å². The first-order chi connectivity index (χ1) is 21.3. The molecule has 0 spiro atoms. The lowest BCUT2D eigenvalue weighted by Gasteiger charge is -2.24. The third kappa shape index (κ3) is 9.68. The van der Waals surface area contributed by atoms with E-state index in [1.54, 1.807) is 12.4 Å². The van der Waals surface area contributed by atoms with Crippen LogP contribution < -0.4 is 15.4 Å². The molecule has 6 nitrogen and oxygen atoms in total. The van der Waals surface area contributed by atoms with Gasteiger partial charge in [0.15, 0.2) is 0 Å². The number of urea groups is 1.